The van der Waals surface area contributed by atoms with Gasteiger partial charge in [0.05, 0.1) is 12.2 Å². The Balaban J connectivity index is 2.31. The number of hydrogen-bond donors (Lipinski definition) is 0. The number of allylic oxidation sites excluding steroid dienone is 1. The number of carbonyl (C=O) groups excluding carboxylic acids is 1. The van der Waals surface area contributed by atoms with Gasteiger partial charge < -0.3 is 4.74 Å². The van der Waals surface area contributed by atoms with Crippen LogP contribution in [0.3, 0.4) is 0 Å². The van der Waals surface area contributed by atoms with Crippen molar-refractivity contribution in [3.63, 3.8) is 0 Å². The molecule has 1 unspecified atom stereocenters. The fourth-order valence-corrected chi connectivity index (χ4v) is 1.67. The van der Waals surface area contributed by atoms with Gasteiger partial charge in [-0.25, -0.2) is 0 Å². The summed E-state index contributed by atoms with van der Waals surface area (Å²) < 4.78 is 5.10. The number of hydrogen-bond acceptors (Lipinski definition) is 2. The lowest BCUT2D eigenvalue weighted by molar-refractivity contribution is -0.142. The van der Waals surface area contributed by atoms with Gasteiger partial charge in [-0.15, -0.1) is 0 Å². The van der Waals surface area contributed by atoms with E-state index in [2.05, 4.69) is 6.92 Å². The van der Waals surface area contributed by atoms with Crippen molar-refractivity contribution < 1.29 is 9.53 Å². The first-order valence-corrected chi connectivity index (χ1v) is 6.63. The van der Waals surface area contributed by atoms with Gasteiger partial charge in [0.1, 0.15) is 0 Å². The minimum atomic E-state index is -0.161. The highest BCUT2D eigenvalue weighted by Gasteiger charge is 2.13. The first-order valence-electron chi connectivity index (χ1n) is 6.63. The third-order valence-electron chi connectivity index (χ3n) is 2.79. The van der Waals surface area contributed by atoms with Crippen molar-refractivity contribution in [2.45, 2.75) is 39.5 Å². The maximum Gasteiger partial charge on any atom is 0.313 e. The van der Waals surface area contributed by atoms with E-state index in [1.165, 1.54) is 6.26 Å². The van der Waals surface area contributed by atoms with Crippen LogP contribution < -0.4 is 0 Å². The van der Waals surface area contributed by atoms with Gasteiger partial charge in [0.25, 0.3) is 0 Å². The quantitative estimate of drug-likeness (QED) is 0.411. The Morgan fingerprint density at radius 1 is 1.33 bits per heavy atom. The Morgan fingerprint density at radius 2 is 2.06 bits per heavy atom. The second-order valence-corrected chi connectivity index (χ2v) is 4.54. The van der Waals surface area contributed by atoms with Gasteiger partial charge in [-0.1, -0.05) is 50.6 Å². The van der Waals surface area contributed by atoms with Gasteiger partial charge in [0.15, 0.2) is 0 Å². The molecule has 0 saturated heterocycles. The van der Waals surface area contributed by atoms with Gasteiger partial charge in [-0.2, -0.15) is 0 Å². The molecular formula is C16H22O2. The van der Waals surface area contributed by atoms with Crippen LogP contribution in [0.1, 0.15) is 38.7 Å². The Kier molecular flexibility index (Phi) is 6.85. The summed E-state index contributed by atoms with van der Waals surface area (Å²) in [7, 11) is 0. The van der Waals surface area contributed by atoms with Crippen LogP contribution in [0.15, 0.2) is 42.7 Å². The molecule has 0 spiro atoms. The van der Waals surface area contributed by atoms with Crippen LogP contribution in [-0.4, -0.2) is 5.97 Å². The number of rotatable bonds is 7. The van der Waals surface area contributed by atoms with E-state index in [0.29, 0.717) is 0 Å². The molecule has 1 atom stereocenters. The molecule has 0 fully saturated rings. The molecule has 2 nitrogen and oxygen atoms in total. The van der Waals surface area contributed by atoms with E-state index < -0.39 is 0 Å². The lowest BCUT2D eigenvalue weighted by atomic mass is 10.0. The van der Waals surface area contributed by atoms with Gasteiger partial charge in [0.2, 0.25) is 0 Å². The zero-order valence-corrected chi connectivity index (χ0v) is 11.3. The SMILES string of the molecule is CCCC/C=C/OC(=O)C(C)Cc1ccccc1. The Labute approximate surface area is 110 Å². The number of benzene rings is 1. The standard InChI is InChI=1S/C16H22O2/c1-3-4-5-9-12-18-16(17)14(2)13-15-10-7-6-8-11-15/h6-12,14H,3-5,13H2,1-2H3/b12-9+. The number of carbonyl (C=O) groups is 1. The van der Waals surface area contributed by atoms with Crippen LogP contribution in [0.2, 0.25) is 0 Å². The van der Waals surface area contributed by atoms with E-state index in [9.17, 15) is 4.79 Å². The van der Waals surface area contributed by atoms with Crippen molar-refractivity contribution >= 4 is 5.97 Å². The molecule has 0 bridgehead atoms. The van der Waals surface area contributed by atoms with Crippen LogP contribution in [-0.2, 0) is 16.0 Å². The maximum absolute atomic E-state index is 11.7. The first-order chi connectivity index (χ1) is 8.74. The van der Waals surface area contributed by atoms with Crippen molar-refractivity contribution in [3.8, 4) is 0 Å². The molecule has 0 aromatic heterocycles. The summed E-state index contributed by atoms with van der Waals surface area (Å²) in [5, 5.41) is 0. The monoisotopic (exact) mass is 246 g/mol. The predicted molar refractivity (Wildman–Crippen MR) is 74.1 cm³/mol. The average Bonchev–Trinajstić information content (AvgIpc) is 2.39. The molecule has 1 aromatic carbocycles. The number of ether oxygens (including phenoxy) is 1. The van der Waals surface area contributed by atoms with Gasteiger partial charge >= 0.3 is 5.97 Å². The van der Waals surface area contributed by atoms with Crippen LogP contribution in [0.5, 0.6) is 0 Å². The molecule has 2 heteroatoms. The second kappa shape index (κ2) is 8.51. The molecule has 0 saturated carbocycles. The Morgan fingerprint density at radius 3 is 2.72 bits per heavy atom. The van der Waals surface area contributed by atoms with Crippen molar-refractivity contribution in [1.29, 1.82) is 0 Å². The summed E-state index contributed by atoms with van der Waals surface area (Å²) in [6.45, 7) is 4.04. The van der Waals surface area contributed by atoms with Gasteiger partial charge in [-0.3, -0.25) is 4.79 Å². The predicted octanol–water partition coefficient (Wildman–Crippen LogP) is 4.11. The fraction of sp³-hybridized carbons (Fsp3) is 0.438. The molecule has 0 heterocycles. The normalized spacial score (nSPS) is 12.6. The maximum atomic E-state index is 11.7. The van der Waals surface area contributed by atoms with E-state index in [1.54, 1.807) is 0 Å². The lowest BCUT2D eigenvalue weighted by Crippen LogP contribution is -2.14. The molecule has 0 N–H and O–H groups in total. The van der Waals surface area contributed by atoms with Crippen molar-refractivity contribution in [1.82, 2.24) is 0 Å². The molecule has 0 aliphatic heterocycles. The Bertz CT molecular complexity index is 368. The zero-order valence-electron chi connectivity index (χ0n) is 11.3. The largest absolute Gasteiger partial charge is 0.435 e. The minimum Gasteiger partial charge on any atom is -0.435 e. The highest BCUT2D eigenvalue weighted by Crippen LogP contribution is 2.10. The van der Waals surface area contributed by atoms with Gasteiger partial charge in [0, 0.05) is 0 Å². The molecule has 0 aliphatic rings. The summed E-state index contributed by atoms with van der Waals surface area (Å²) in [4.78, 5) is 11.7. The molecule has 1 aromatic rings. The highest BCUT2D eigenvalue weighted by molar-refractivity contribution is 5.72. The summed E-state index contributed by atoms with van der Waals surface area (Å²) in [6, 6.07) is 10.0. The highest BCUT2D eigenvalue weighted by atomic mass is 16.5. The number of esters is 1. The molecule has 0 radical (unpaired) electrons. The first kappa shape index (κ1) is 14.5. The summed E-state index contributed by atoms with van der Waals surface area (Å²) in [5.41, 5.74) is 1.16. The fourth-order valence-electron chi connectivity index (χ4n) is 1.67. The summed E-state index contributed by atoms with van der Waals surface area (Å²) in [5.74, 6) is -0.269. The van der Waals surface area contributed by atoms with E-state index in [4.69, 9.17) is 4.74 Å². The van der Waals surface area contributed by atoms with E-state index in [-0.39, 0.29) is 11.9 Å². The zero-order chi connectivity index (χ0) is 13.2. The van der Waals surface area contributed by atoms with Crippen LogP contribution in [0, 0.1) is 5.92 Å². The molecular weight excluding hydrogens is 224 g/mol. The van der Waals surface area contributed by atoms with Crippen molar-refractivity contribution in [2.24, 2.45) is 5.92 Å². The second-order valence-electron chi connectivity index (χ2n) is 4.54. The topological polar surface area (TPSA) is 26.3 Å². The average molecular weight is 246 g/mol. The molecule has 1 rings (SSSR count). The summed E-state index contributed by atoms with van der Waals surface area (Å²) >= 11 is 0. The van der Waals surface area contributed by atoms with Gasteiger partial charge in [-0.05, 0) is 30.9 Å². The van der Waals surface area contributed by atoms with Crippen molar-refractivity contribution in [2.75, 3.05) is 0 Å². The van der Waals surface area contributed by atoms with Crippen LogP contribution in [0.4, 0.5) is 0 Å². The van der Waals surface area contributed by atoms with E-state index in [1.807, 2.05) is 43.3 Å². The summed E-state index contributed by atoms with van der Waals surface area (Å²) in [6.07, 6.45) is 7.42. The molecule has 98 valence electrons. The van der Waals surface area contributed by atoms with Crippen LogP contribution in [0.25, 0.3) is 0 Å². The third-order valence-corrected chi connectivity index (χ3v) is 2.79. The molecule has 18 heavy (non-hydrogen) atoms. The van der Waals surface area contributed by atoms with E-state index >= 15 is 0 Å². The minimum absolute atomic E-state index is 0.108. The van der Waals surface area contributed by atoms with Crippen LogP contribution >= 0.6 is 0 Å². The van der Waals surface area contributed by atoms with Crippen molar-refractivity contribution in [3.05, 3.63) is 48.2 Å². The lowest BCUT2D eigenvalue weighted by Gasteiger charge is -2.08. The smallest absolute Gasteiger partial charge is 0.313 e. The molecule has 0 amide bonds. The molecule has 0 aliphatic carbocycles. The van der Waals surface area contributed by atoms with E-state index in [0.717, 1.165) is 31.2 Å². The third kappa shape index (κ3) is 5.67. The Hall–Kier alpha value is -1.57. The number of unbranched alkanes of at least 4 members (excludes halogenated alkanes) is 2.